The molecule has 2 aliphatic rings. The van der Waals surface area contributed by atoms with Gasteiger partial charge in [-0.1, -0.05) is 0 Å². The Morgan fingerprint density at radius 1 is 1.00 bits per heavy atom. The van der Waals surface area contributed by atoms with E-state index >= 15 is 0 Å². The van der Waals surface area contributed by atoms with E-state index in [1.54, 1.807) is 7.11 Å². The molecule has 2 aromatic carbocycles. The van der Waals surface area contributed by atoms with Crippen LogP contribution in [0.3, 0.4) is 0 Å². The van der Waals surface area contributed by atoms with Gasteiger partial charge in [0.05, 0.1) is 13.8 Å². The molecule has 0 aromatic heterocycles. The van der Waals surface area contributed by atoms with E-state index in [4.69, 9.17) is 15.2 Å². The lowest BCUT2D eigenvalue weighted by atomic mass is 10.2. The minimum absolute atomic E-state index is 0.524. The molecule has 0 spiro atoms. The molecular weight excluding hydrogens is 328 g/mol. The number of nitrogens with two attached hydrogens (primary N) is 1. The SMILES string of the molecule is COc1ccc(Oc2ccc(N3CN([C@@H]4CCNC4)C=C3N)cc2)cc1. The van der Waals surface area contributed by atoms with Gasteiger partial charge < -0.3 is 30.3 Å². The molecule has 0 saturated carbocycles. The number of benzene rings is 2. The van der Waals surface area contributed by atoms with Crippen molar-refractivity contribution in [1.29, 1.82) is 0 Å². The number of nitrogens with zero attached hydrogens (tertiary/aromatic N) is 2. The Hall–Kier alpha value is -2.86. The zero-order valence-electron chi connectivity index (χ0n) is 14.9. The second kappa shape index (κ2) is 7.17. The van der Waals surface area contributed by atoms with Gasteiger partial charge in [0.15, 0.2) is 0 Å². The van der Waals surface area contributed by atoms with Crippen molar-refractivity contribution in [3.63, 3.8) is 0 Å². The largest absolute Gasteiger partial charge is 0.497 e. The van der Waals surface area contributed by atoms with Gasteiger partial charge in [-0.25, -0.2) is 0 Å². The summed E-state index contributed by atoms with van der Waals surface area (Å²) in [5, 5.41) is 3.40. The molecule has 1 atom stereocenters. The van der Waals surface area contributed by atoms with Crippen LogP contribution >= 0.6 is 0 Å². The van der Waals surface area contributed by atoms with Crippen molar-refractivity contribution in [2.45, 2.75) is 12.5 Å². The molecule has 2 aromatic rings. The lowest BCUT2D eigenvalue weighted by Crippen LogP contribution is -2.36. The van der Waals surface area contributed by atoms with Crippen LogP contribution in [0.15, 0.2) is 60.6 Å². The molecule has 0 aliphatic carbocycles. The highest BCUT2D eigenvalue weighted by molar-refractivity contribution is 5.55. The number of ether oxygens (including phenoxy) is 2. The third-order valence-electron chi connectivity index (χ3n) is 4.86. The Morgan fingerprint density at radius 2 is 1.65 bits per heavy atom. The maximum absolute atomic E-state index is 6.24. The minimum Gasteiger partial charge on any atom is -0.497 e. The van der Waals surface area contributed by atoms with Crippen LogP contribution in [0.5, 0.6) is 17.2 Å². The van der Waals surface area contributed by atoms with E-state index in [9.17, 15) is 0 Å². The molecule has 0 radical (unpaired) electrons. The molecular formula is C20H24N4O2. The van der Waals surface area contributed by atoms with Gasteiger partial charge >= 0.3 is 0 Å². The number of hydrogen-bond donors (Lipinski definition) is 2. The Bertz CT molecular complexity index is 767. The molecule has 2 aliphatic heterocycles. The van der Waals surface area contributed by atoms with Gasteiger partial charge in [0, 0.05) is 24.5 Å². The molecule has 0 amide bonds. The number of anilines is 1. The van der Waals surface area contributed by atoms with Gasteiger partial charge in [0.2, 0.25) is 0 Å². The molecule has 0 bridgehead atoms. The Kier molecular flexibility index (Phi) is 4.58. The first kappa shape index (κ1) is 16.6. The summed E-state index contributed by atoms with van der Waals surface area (Å²) >= 11 is 0. The van der Waals surface area contributed by atoms with Crippen LogP contribution in [0.25, 0.3) is 0 Å². The average molecular weight is 352 g/mol. The zero-order valence-corrected chi connectivity index (χ0v) is 14.9. The molecule has 6 heteroatoms. The lowest BCUT2D eigenvalue weighted by molar-refractivity contribution is 0.315. The van der Waals surface area contributed by atoms with E-state index in [2.05, 4.69) is 21.3 Å². The summed E-state index contributed by atoms with van der Waals surface area (Å²) in [5.41, 5.74) is 7.30. The maximum atomic E-state index is 6.24. The topological polar surface area (TPSA) is 63.0 Å². The summed E-state index contributed by atoms with van der Waals surface area (Å²) in [6.07, 6.45) is 3.21. The van der Waals surface area contributed by atoms with Crippen molar-refractivity contribution in [2.75, 3.05) is 31.8 Å². The first-order chi connectivity index (χ1) is 12.7. The van der Waals surface area contributed by atoms with Crippen LogP contribution in [0.4, 0.5) is 5.69 Å². The van der Waals surface area contributed by atoms with Gasteiger partial charge in [-0.15, -0.1) is 0 Å². The molecule has 2 heterocycles. The third kappa shape index (κ3) is 3.41. The number of hydrogen-bond acceptors (Lipinski definition) is 6. The Morgan fingerprint density at radius 3 is 2.27 bits per heavy atom. The summed E-state index contributed by atoms with van der Waals surface area (Å²) in [5.74, 6) is 3.16. The predicted molar refractivity (Wildman–Crippen MR) is 102 cm³/mol. The minimum atomic E-state index is 0.524. The normalized spacial score (nSPS) is 19.6. The second-order valence-corrected chi connectivity index (χ2v) is 6.56. The van der Waals surface area contributed by atoms with Gasteiger partial charge in [0.1, 0.15) is 23.1 Å². The van der Waals surface area contributed by atoms with E-state index in [0.29, 0.717) is 6.04 Å². The van der Waals surface area contributed by atoms with Crippen molar-refractivity contribution in [1.82, 2.24) is 10.2 Å². The first-order valence-corrected chi connectivity index (χ1v) is 8.86. The van der Waals surface area contributed by atoms with Crippen LogP contribution in [-0.2, 0) is 0 Å². The molecule has 26 heavy (non-hydrogen) atoms. The van der Waals surface area contributed by atoms with Crippen LogP contribution in [-0.4, -0.2) is 37.8 Å². The van der Waals surface area contributed by atoms with Crippen molar-refractivity contribution >= 4 is 5.69 Å². The summed E-state index contributed by atoms with van der Waals surface area (Å²) in [6.45, 7) is 2.88. The highest BCUT2D eigenvalue weighted by atomic mass is 16.5. The molecule has 6 nitrogen and oxygen atoms in total. The maximum Gasteiger partial charge on any atom is 0.127 e. The molecule has 1 fully saturated rings. The second-order valence-electron chi connectivity index (χ2n) is 6.56. The summed E-state index contributed by atoms with van der Waals surface area (Å²) in [7, 11) is 1.65. The van der Waals surface area contributed by atoms with Crippen LogP contribution in [0, 0.1) is 0 Å². The fourth-order valence-corrected chi connectivity index (χ4v) is 3.37. The van der Waals surface area contributed by atoms with Gasteiger partial charge in [-0.05, 0) is 61.5 Å². The smallest absolute Gasteiger partial charge is 0.127 e. The highest BCUT2D eigenvalue weighted by Gasteiger charge is 2.27. The van der Waals surface area contributed by atoms with Gasteiger partial charge in [-0.2, -0.15) is 0 Å². The lowest BCUT2D eigenvalue weighted by Gasteiger charge is -2.26. The first-order valence-electron chi connectivity index (χ1n) is 8.86. The third-order valence-corrected chi connectivity index (χ3v) is 4.86. The van der Waals surface area contributed by atoms with E-state index in [1.165, 1.54) is 0 Å². The monoisotopic (exact) mass is 352 g/mol. The van der Waals surface area contributed by atoms with E-state index in [0.717, 1.165) is 54.9 Å². The molecule has 4 rings (SSSR count). The van der Waals surface area contributed by atoms with E-state index in [-0.39, 0.29) is 0 Å². The summed E-state index contributed by atoms with van der Waals surface area (Å²) in [6, 6.07) is 16.1. The zero-order chi connectivity index (χ0) is 17.9. The van der Waals surface area contributed by atoms with E-state index < -0.39 is 0 Å². The quantitative estimate of drug-likeness (QED) is 0.863. The van der Waals surface area contributed by atoms with Gasteiger partial charge in [0.25, 0.3) is 0 Å². The number of nitrogens with one attached hydrogen (secondary N) is 1. The fourth-order valence-electron chi connectivity index (χ4n) is 3.37. The number of methoxy groups -OCH3 is 1. The van der Waals surface area contributed by atoms with Crippen LogP contribution in [0.1, 0.15) is 6.42 Å². The Labute approximate surface area is 153 Å². The van der Waals surface area contributed by atoms with Gasteiger partial charge in [-0.3, -0.25) is 0 Å². The van der Waals surface area contributed by atoms with Crippen molar-refractivity contribution in [2.24, 2.45) is 5.73 Å². The highest BCUT2D eigenvalue weighted by Crippen LogP contribution is 2.29. The van der Waals surface area contributed by atoms with Crippen LogP contribution < -0.4 is 25.4 Å². The summed E-state index contributed by atoms with van der Waals surface area (Å²) in [4.78, 5) is 4.44. The van der Waals surface area contributed by atoms with Crippen LogP contribution in [0.2, 0.25) is 0 Å². The predicted octanol–water partition coefficient (Wildman–Crippen LogP) is 2.69. The van der Waals surface area contributed by atoms with Crippen molar-refractivity contribution < 1.29 is 9.47 Å². The summed E-state index contributed by atoms with van der Waals surface area (Å²) < 4.78 is 11.0. The molecule has 1 saturated heterocycles. The fraction of sp³-hybridized carbons (Fsp3) is 0.300. The number of rotatable bonds is 5. The molecule has 3 N–H and O–H groups in total. The average Bonchev–Trinajstić information content (AvgIpc) is 3.33. The molecule has 0 unspecified atom stereocenters. The van der Waals surface area contributed by atoms with Crippen molar-refractivity contribution in [3.8, 4) is 17.2 Å². The standard InChI is InChI=1S/C20H24N4O2/c1-25-17-6-8-19(9-7-17)26-18-4-2-15(3-5-18)24-14-23(13-20(24)21)16-10-11-22-12-16/h2-9,13,16,22H,10-12,14,21H2,1H3/t16-/m1/s1. The van der Waals surface area contributed by atoms with Crippen molar-refractivity contribution in [3.05, 3.63) is 60.6 Å². The van der Waals surface area contributed by atoms with E-state index in [1.807, 2.05) is 48.5 Å². The molecule has 136 valence electrons. The Balaban J connectivity index is 1.41.